The summed E-state index contributed by atoms with van der Waals surface area (Å²) in [7, 11) is 0. The summed E-state index contributed by atoms with van der Waals surface area (Å²) >= 11 is 7.11. The number of carboxylic acids is 1. The molecule has 6 nitrogen and oxygen atoms in total. The number of carbonyl (C=O) groups excluding carboxylic acids is 2. The number of nitrogens with one attached hydrogen (secondary N) is 1. The normalized spacial score (nSPS) is 26.1. The molecule has 2 amide bonds. The maximum absolute atomic E-state index is 13.6. The van der Waals surface area contributed by atoms with Gasteiger partial charge in [0.05, 0.1) is 10.9 Å². The number of hydrogen-bond acceptors (Lipinski definition) is 4. The van der Waals surface area contributed by atoms with Crippen LogP contribution in [0.25, 0.3) is 0 Å². The zero-order valence-electron chi connectivity index (χ0n) is 13.1. The highest BCUT2D eigenvalue weighted by molar-refractivity contribution is 7.99. The highest BCUT2D eigenvalue weighted by atomic mass is 35.5. The maximum Gasteiger partial charge on any atom is 0.330 e. The number of nitrogens with zero attached hydrogens (tertiary/aromatic N) is 1. The van der Waals surface area contributed by atoms with Gasteiger partial charge in [0, 0.05) is 24.4 Å². The number of anilines is 1. The van der Waals surface area contributed by atoms with Crippen LogP contribution in [-0.4, -0.2) is 46.5 Å². The van der Waals surface area contributed by atoms with E-state index in [1.165, 1.54) is 28.8 Å². The average Bonchev–Trinajstić information content (AvgIpc) is 3.18. The minimum absolute atomic E-state index is 0.0427. The molecular weight excluding hydrogens is 371 g/mol. The van der Waals surface area contributed by atoms with E-state index in [0.29, 0.717) is 23.6 Å². The van der Waals surface area contributed by atoms with Crippen LogP contribution in [0, 0.1) is 11.7 Å². The molecule has 0 aliphatic carbocycles. The van der Waals surface area contributed by atoms with Crippen molar-refractivity contribution in [3.8, 4) is 0 Å². The van der Waals surface area contributed by atoms with Crippen LogP contribution in [0.3, 0.4) is 0 Å². The second kappa shape index (κ2) is 6.84. The van der Waals surface area contributed by atoms with Gasteiger partial charge in [0.1, 0.15) is 11.4 Å². The van der Waals surface area contributed by atoms with Crippen LogP contribution in [-0.2, 0) is 14.4 Å². The van der Waals surface area contributed by atoms with E-state index < -0.39 is 29.2 Å². The standard InChI is InChI=1S/C16H16ClFN2O4S/c17-11-2-1-10(6-12(11)18)20-7-9(5-13(20)21)14(22)19-16(15(23)24)3-4-25-8-16/h1-2,6,9H,3-5,7-8H2,(H,19,22)(H,23,24). The van der Waals surface area contributed by atoms with Crippen molar-refractivity contribution in [2.75, 3.05) is 23.0 Å². The summed E-state index contributed by atoms with van der Waals surface area (Å²) in [4.78, 5) is 37.6. The van der Waals surface area contributed by atoms with Crippen LogP contribution in [0.2, 0.25) is 5.02 Å². The third-order valence-corrected chi connectivity index (χ3v) is 6.00. The summed E-state index contributed by atoms with van der Waals surface area (Å²) in [6, 6.07) is 4.00. The lowest BCUT2D eigenvalue weighted by Crippen LogP contribution is -2.56. The van der Waals surface area contributed by atoms with Crippen LogP contribution < -0.4 is 10.2 Å². The van der Waals surface area contributed by atoms with Crippen LogP contribution in [0.4, 0.5) is 10.1 Å². The summed E-state index contributed by atoms with van der Waals surface area (Å²) in [6.07, 6.45) is 0.310. The molecule has 2 N–H and O–H groups in total. The third kappa shape index (κ3) is 3.46. The molecule has 0 radical (unpaired) electrons. The monoisotopic (exact) mass is 386 g/mol. The van der Waals surface area contributed by atoms with Gasteiger partial charge in [-0.25, -0.2) is 9.18 Å². The number of halogens is 2. The molecule has 2 atom stereocenters. The first-order valence-electron chi connectivity index (χ1n) is 7.71. The number of aliphatic carboxylic acids is 1. The second-order valence-electron chi connectivity index (χ2n) is 6.18. The first-order chi connectivity index (χ1) is 11.8. The van der Waals surface area contributed by atoms with E-state index in [9.17, 15) is 23.9 Å². The van der Waals surface area contributed by atoms with Gasteiger partial charge in [-0.05, 0) is 30.4 Å². The van der Waals surface area contributed by atoms with Gasteiger partial charge in [-0.15, -0.1) is 0 Å². The van der Waals surface area contributed by atoms with Crippen LogP contribution in [0.1, 0.15) is 12.8 Å². The van der Waals surface area contributed by atoms with Gasteiger partial charge in [-0.1, -0.05) is 11.6 Å². The molecule has 2 aliphatic heterocycles. The highest BCUT2D eigenvalue weighted by Gasteiger charge is 2.45. The minimum Gasteiger partial charge on any atom is -0.479 e. The molecule has 9 heteroatoms. The Hall–Kier alpha value is -1.80. The largest absolute Gasteiger partial charge is 0.479 e. The number of carboxylic acid groups (broad SMARTS) is 1. The number of amides is 2. The predicted octanol–water partition coefficient (Wildman–Crippen LogP) is 1.91. The number of hydrogen-bond donors (Lipinski definition) is 2. The van der Waals surface area contributed by atoms with E-state index in [1.807, 2.05) is 0 Å². The van der Waals surface area contributed by atoms with Crippen molar-refractivity contribution in [1.82, 2.24) is 5.32 Å². The molecule has 1 aromatic rings. The van der Waals surface area contributed by atoms with E-state index in [0.717, 1.165) is 6.07 Å². The van der Waals surface area contributed by atoms with Gasteiger partial charge in [0.2, 0.25) is 11.8 Å². The van der Waals surface area contributed by atoms with Gasteiger partial charge < -0.3 is 15.3 Å². The van der Waals surface area contributed by atoms with Crippen molar-refractivity contribution in [3.63, 3.8) is 0 Å². The fourth-order valence-electron chi connectivity index (χ4n) is 3.01. The first-order valence-corrected chi connectivity index (χ1v) is 9.24. The fraction of sp³-hybridized carbons (Fsp3) is 0.438. The van der Waals surface area contributed by atoms with E-state index in [4.69, 9.17) is 11.6 Å². The molecule has 1 aromatic carbocycles. The average molecular weight is 387 g/mol. The Morgan fingerprint density at radius 2 is 2.20 bits per heavy atom. The Labute approximate surface area is 152 Å². The lowest BCUT2D eigenvalue weighted by Gasteiger charge is -2.26. The Balaban J connectivity index is 1.72. The van der Waals surface area contributed by atoms with Crippen molar-refractivity contribution in [2.45, 2.75) is 18.4 Å². The molecule has 2 unspecified atom stereocenters. The van der Waals surface area contributed by atoms with E-state index in [2.05, 4.69) is 5.32 Å². The summed E-state index contributed by atoms with van der Waals surface area (Å²) in [5.41, 5.74) is -0.948. The second-order valence-corrected chi connectivity index (χ2v) is 7.70. The molecule has 0 saturated carbocycles. The third-order valence-electron chi connectivity index (χ3n) is 4.50. The van der Waals surface area contributed by atoms with Gasteiger partial charge in [0.15, 0.2) is 0 Å². The SMILES string of the molecule is O=C(NC1(C(=O)O)CCSC1)C1CC(=O)N(c2ccc(Cl)c(F)c2)C1. The summed E-state index contributed by atoms with van der Waals surface area (Å²) in [5, 5.41) is 12.0. The Morgan fingerprint density at radius 1 is 1.44 bits per heavy atom. The van der Waals surface area contributed by atoms with E-state index in [-0.39, 0.29) is 23.9 Å². The van der Waals surface area contributed by atoms with Crippen LogP contribution in [0.5, 0.6) is 0 Å². The summed E-state index contributed by atoms with van der Waals surface area (Å²) in [5.74, 6) is -2.19. The smallest absolute Gasteiger partial charge is 0.330 e. The molecule has 0 spiro atoms. The summed E-state index contributed by atoms with van der Waals surface area (Å²) in [6.45, 7) is 0.0780. The number of rotatable bonds is 4. The zero-order chi connectivity index (χ0) is 18.2. The maximum atomic E-state index is 13.6. The van der Waals surface area contributed by atoms with Crippen molar-refractivity contribution < 1.29 is 23.9 Å². The quantitative estimate of drug-likeness (QED) is 0.825. The Morgan fingerprint density at radius 3 is 2.80 bits per heavy atom. The molecule has 0 aromatic heterocycles. The Bertz CT molecular complexity index is 739. The van der Waals surface area contributed by atoms with Crippen molar-refractivity contribution in [1.29, 1.82) is 0 Å². The molecule has 134 valence electrons. The number of benzene rings is 1. The summed E-state index contributed by atoms with van der Waals surface area (Å²) < 4.78 is 13.6. The van der Waals surface area contributed by atoms with Crippen molar-refractivity contribution >= 4 is 46.8 Å². The van der Waals surface area contributed by atoms with E-state index in [1.54, 1.807) is 0 Å². The minimum atomic E-state index is -1.27. The molecule has 0 bridgehead atoms. The van der Waals surface area contributed by atoms with Gasteiger partial charge >= 0.3 is 5.97 Å². The molecule has 2 fully saturated rings. The van der Waals surface area contributed by atoms with Crippen LogP contribution >= 0.6 is 23.4 Å². The Kier molecular flexibility index (Phi) is 4.92. The zero-order valence-corrected chi connectivity index (χ0v) is 14.7. The molecule has 2 heterocycles. The molecule has 25 heavy (non-hydrogen) atoms. The predicted molar refractivity (Wildman–Crippen MR) is 92.3 cm³/mol. The topological polar surface area (TPSA) is 86.7 Å². The van der Waals surface area contributed by atoms with E-state index >= 15 is 0 Å². The van der Waals surface area contributed by atoms with Crippen molar-refractivity contribution in [2.24, 2.45) is 5.92 Å². The molecule has 2 aliphatic rings. The van der Waals surface area contributed by atoms with Crippen LogP contribution in [0.15, 0.2) is 18.2 Å². The van der Waals surface area contributed by atoms with Gasteiger partial charge in [-0.2, -0.15) is 11.8 Å². The fourth-order valence-corrected chi connectivity index (χ4v) is 4.45. The van der Waals surface area contributed by atoms with Gasteiger partial charge in [-0.3, -0.25) is 9.59 Å². The molecular formula is C16H16ClFN2O4S. The lowest BCUT2D eigenvalue weighted by molar-refractivity contribution is -0.147. The molecule has 3 rings (SSSR count). The molecule has 2 saturated heterocycles. The lowest BCUT2D eigenvalue weighted by atomic mass is 9.97. The van der Waals surface area contributed by atoms with Crippen molar-refractivity contribution in [3.05, 3.63) is 29.0 Å². The van der Waals surface area contributed by atoms with Gasteiger partial charge in [0.25, 0.3) is 0 Å². The first kappa shape index (κ1) is 18.0. The number of carbonyl (C=O) groups is 3. The highest BCUT2D eigenvalue weighted by Crippen LogP contribution is 2.31. The number of thioether (sulfide) groups is 1.